The number of aliphatic hydroxyl groups is 4. The molecule has 0 radical (unpaired) electrons. The summed E-state index contributed by atoms with van der Waals surface area (Å²) in [6.45, 7) is -3.86. The van der Waals surface area contributed by atoms with Crippen LogP contribution in [0.25, 0.3) is 0 Å². The Morgan fingerprint density at radius 1 is 0.593 bits per heavy atom. The highest BCUT2D eigenvalue weighted by Crippen LogP contribution is 2.23. The molecule has 0 aromatic heterocycles. The number of carboxylic acids is 4. The third-order valence-electron chi connectivity index (χ3n) is 2.89. The van der Waals surface area contributed by atoms with Crippen molar-refractivity contribution in [1.29, 1.82) is 0 Å². The summed E-state index contributed by atoms with van der Waals surface area (Å²) in [6.07, 6.45) is -4.17. The maximum Gasteiger partial charge on any atom is 0.317 e. The number of hydrogen-bond donors (Lipinski definition) is 8. The largest absolute Gasteiger partial charge is 0.480 e. The van der Waals surface area contributed by atoms with Crippen LogP contribution in [-0.2, 0) is 19.2 Å². The molecular weight excluding hydrogens is 396 g/mol. The lowest BCUT2D eigenvalue weighted by Crippen LogP contribution is -2.50. The Morgan fingerprint density at radius 3 is 1.00 bits per heavy atom. The summed E-state index contributed by atoms with van der Waals surface area (Å²) < 4.78 is 0. The second-order valence-corrected chi connectivity index (χ2v) is 6.37. The van der Waals surface area contributed by atoms with E-state index in [9.17, 15) is 39.6 Å². The van der Waals surface area contributed by atoms with Crippen LogP contribution in [0.3, 0.4) is 0 Å². The van der Waals surface area contributed by atoms with Crippen LogP contribution in [-0.4, -0.2) is 124 Å². The predicted molar refractivity (Wildman–Crippen MR) is 85.3 cm³/mol. The summed E-state index contributed by atoms with van der Waals surface area (Å²) in [4.78, 5) is 43.7. The average Bonchev–Trinajstić information content (AvgIpc) is 2.50. The fraction of sp³-hybridized carbons (Fsp3) is 0.667. The van der Waals surface area contributed by atoms with E-state index in [1.807, 2.05) is 0 Å². The minimum atomic E-state index is -2.09. The van der Waals surface area contributed by atoms with Gasteiger partial charge >= 0.3 is 23.9 Å². The maximum absolute atomic E-state index is 10.7. The first-order chi connectivity index (χ1) is 12.3. The second-order valence-electron chi connectivity index (χ2n) is 5.13. The predicted octanol–water partition coefficient (Wildman–Crippen LogP) is -4.06. The van der Waals surface area contributed by atoms with Gasteiger partial charge in [0.05, 0.1) is 26.2 Å². The number of rotatable bonds is 14. The van der Waals surface area contributed by atoms with Gasteiger partial charge in [0.1, 0.15) is 23.3 Å². The van der Waals surface area contributed by atoms with Gasteiger partial charge in [0, 0.05) is 0 Å². The van der Waals surface area contributed by atoms with Gasteiger partial charge in [-0.25, -0.2) is 0 Å². The van der Waals surface area contributed by atoms with Gasteiger partial charge in [0.2, 0.25) is 0 Å². The lowest BCUT2D eigenvalue weighted by molar-refractivity contribution is -0.150. The highest BCUT2D eigenvalue weighted by Gasteiger charge is 2.34. The molecule has 0 aliphatic rings. The molecular formula is C12H20N2O12S. The van der Waals surface area contributed by atoms with Crippen LogP contribution in [0.1, 0.15) is 0 Å². The van der Waals surface area contributed by atoms with Gasteiger partial charge in [0.25, 0.3) is 0 Å². The van der Waals surface area contributed by atoms with Gasteiger partial charge in [-0.1, -0.05) is 11.8 Å². The molecule has 0 saturated carbocycles. The fourth-order valence-corrected chi connectivity index (χ4v) is 2.74. The number of hydrogen-bond acceptors (Lipinski definition) is 11. The monoisotopic (exact) mass is 416 g/mol. The van der Waals surface area contributed by atoms with Gasteiger partial charge in [0.15, 0.2) is 0 Å². The van der Waals surface area contributed by atoms with Crippen molar-refractivity contribution >= 4 is 35.6 Å². The first kappa shape index (κ1) is 25.0. The molecule has 0 saturated heterocycles. The van der Waals surface area contributed by atoms with Gasteiger partial charge in [-0.15, -0.1) is 0 Å². The third-order valence-corrected chi connectivity index (χ3v) is 3.94. The molecule has 0 spiro atoms. The third kappa shape index (κ3) is 10.0. The van der Waals surface area contributed by atoms with Crippen molar-refractivity contribution in [3.63, 3.8) is 0 Å². The van der Waals surface area contributed by atoms with Crippen molar-refractivity contribution in [2.24, 2.45) is 0 Å². The summed E-state index contributed by atoms with van der Waals surface area (Å²) in [6, 6.07) is 0. The Kier molecular flexibility index (Phi) is 10.8. The summed E-state index contributed by atoms with van der Waals surface area (Å²) in [7, 11) is 0. The molecule has 4 atom stereocenters. The van der Waals surface area contributed by atoms with Crippen LogP contribution in [0.2, 0.25) is 0 Å². The van der Waals surface area contributed by atoms with Crippen LogP contribution < -0.4 is 0 Å². The summed E-state index contributed by atoms with van der Waals surface area (Å²) in [5.74, 6) is -6.05. The number of aliphatic carboxylic acids is 4. The molecule has 156 valence electrons. The van der Waals surface area contributed by atoms with Crippen molar-refractivity contribution in [2.45, 2.75) is 23.3 Å². The molecule has 0 aromatic carbocycles. The Labute approximate surface area is 155 Å². The van der Waals surface area contributed by atoms with E-state index in [2.05, 4.69) is 0 Å². The zero-order chi connectivity index (χ0) is 21.3. The Morgan fingerprint density at radius 2 is 0.815 bits per heavy atom. The molecule has 0 heterocycles. The quantitative estimate of drug-likeness (QED) is 0.126. The molecule has 8 N–H and O–H groups in total. The molecule has 14 nitrogen and oxygen atoms in total. The zero-order valence-corrected chi connectivity index (χ0v) is 14.5. The number of nitrogens with zero attached hydrogens (tertiary/aromatic N) is 2. The molecule has 0 amide bonds. The van der Waals surface area contributed by atoms with E-state index in [1.54, 1.807) is 0 Å². The van der Waals surface area contributed by atoms with Crippen LogP contribution in [0.15, 0.2) is 0 Å². The number of aliphatic hydroxyl groups excluding tert-OH is 4. The number of carboxylic acid groups (broad SMARTS) is 4. The van der Waals surface area contributed by atoms with E-state index in [1.165, 1.54) is 0 Å². The van der Waals surface area contributed by atoms with Gasteiger partial charge in [-0.2, -0.15) is 0 Å². The Hall–Kier alpha value is -2.01. The summed E-state index contributed by atoms with van der Waals surface area (Å²) in [5.41, 5.74) is -4.05. The molecule has 15 heteroatoms. The van der Waals surface area contributed by atoms with Crippen LogP contribution in [0.5, 0.6) is 0 Å². The van der Waals surface area contributed by atoms with E-state index in [0.717, 1.165) is 0 Å². The molecule has 0 bridgehead atoms. The highest BCUT2D eigenvalue weighted by atomic mass is 32.2. The standard InChI is InChI=1S/C12H20N2O12S/c15-5(16)1-13(2-6(17)18)9(23)11(25)27-12(26)10(24)14(3-7(19)20)4-8(21)22/h9-12,23-26H,1-4H2,(H,15,16)(H,17,18)(H,19,20)(H,21,22). The van der Waals surface area contributed by atoms with E-state index in [-0.39, 0.29) is 11.8 Å². The van der Waals surface area contributed by atoms with E-state index < -0.39 is 73.4 Å². The van der Waals surface area contributed by atoms with Gasteiger partial charge in [-0.05, 0) is 0 Å². The van der Waals surface area contributed by atoms with E-state index in [0.29, 0.717) is 9.80 Å². The van der Waals surface area contributed by atoms with Crippen molar-refractivity contribution < 1.29 is 60.0 Å². The molecule has 0 fully saturated rings. The Balaban J connectivity index is 5.06. The number of thioether (sulfide) groups is 1. The van der Waals surface area contributed by atoms with Crippen molar-refractivity contribution in [3.8, 4) is 0 Å². The topological polar surface area (TPSA) is 237 Å². The lowest BCUT2D eigenvalue weighted by Gasteiger charge is -2.32. The first-order valence-electron chi connectivity index (χ1n) is 7.08. The average molecular weight is 416 g/mol. The summed E-state index contributed by atoms with van der Waals surface area (Å²) >= 11 is 0.0368. The van der Waals surface area contributed by atoms with Crippen LogP contribution in [0, 0.1) is 0 Å². The first-order valence-corrected chi connectivity index (χ1v) is 8.02. The van der Waals surface area contributed by atoms with Crippen molar-refractivity contribution in [3.05, 3.63) is 0 Å². The molecule has 0 aliphatic carbocycles. The Bertz CT molecular complexity index is 468. The minimum absolute atomic E-state index is 0.0368. The van der Waals surface area contributed by atoms with Crippen LogP contribution in [0.4, 0.5) is 0 Å². The van der Waals surface area contributed by atoms with E-state index >= 15 is 0 Å². The second kappa shape index (κ2) is 11.7. The van der Waals surface area contributed by atoms with Crippen molar-refractivity contribution in [1.82, 2.24) is 9.80 Å². The number of carbonyl (C=O) groups is 4. The smallest absolute Gasteiger partial charge is 0.317 e. The molecule has 0 aliphatic heterocycles. The van der Waals surface area contributed by atoms with Crippen LogP contribution >= 0.6 is 11.8 Å². The molecule has 0 aromatic rings. The highest BCUT2D eigenvalue weighted by molar-refractivity contribution is 8.00. The van der Waals surface area contributed by atoms with Crippen molar-refractivity contribution in [2.75, 3.05) is 26.2 Å². The molecule has 4 unspecified atom stereocenters. The lowest BCUT2D eigenvalue weighted by atomic mass is 10.4. The van der Waals surface area contributed by atoms with E-state index in [4.69, 9.17) is 20.4 Å². The SMILES string of the molecule is O=C(O)CN(CC(=O)O)C(O)C(O)SC(O)C(O)N(CC(=O)O)CC(=O)O. The summed E-state index contributed by atoms with van der Waals surface area (Å²) in [5, 5.41) is 74.2. The maximum atomic E-state index is 10.7. The molecule has 27 heavy (non-hydrogen) atoms. The fourth-order valence-electron chi connectivity index (χ4n) is 1.82. The normalized spacial score (nSPS) is 15.9. The minimum Gasteiger partial charge on any atom is -0.480 e. The van der Waals surface area contributed by atoms with Gasteiger partial charge < -0.3 is 40.9 Å². The van der Waals surface area contributed by atoms with Gasteiger partial charge in [-0.3, -0.25) is 29.0 Å². The zero-order valence-electron chi connectivity index (χ0n) is 13.7. The molecule has 0 rings (SSSR count).